The first kappa shape index (κ1) is 15.2. The van der Waals surface area contributed by atoms with Crippen LogP contribution in [0.1, 0.15) is 30.5 Å². The predicted octanol–water partition coefficient (Wildman–Crippen LogP) is 4.04. The number of hydrogen-bond donors (Lipinski definition) is 1. The van der Waals surface area contributed by atoms with Crippen molar-refractivity contribution >= 4 is 16.7 Å². The topological polar surface area (TPSA) is 42.0 Å². The molecule has 1 aromatic heterocycles. The van der Waals surface area contributed by atoms with Crippen molar-refractivity contribution in [1.82, 2.24) is 10.3 Å². The van der Waals surface area contributed by atoms with Gasteiger partial charge in [0.25, 0.3) is 0 Å². The van der Waals surface area contributed by atoms with E-state index in [4.69, 9.17) is 0 Å². The van der Waals surface area contributed by atoms with Crippen LogP contribution in [-0.2, 0) is 11.2 Å². The number of rotatable bonds is 5. The molecule has 1 unspecified atom stereocenters. The van der Waals surface area contributed by atoms with Gasteiger partial charge >= 0.3 is 0 Å². The third-order valence-corrected chi connectivity index (χ3v) is 4.01. The Morgan fingerprint density at radius 3 is 2.70 bits per heavy atom. The normalized spacial score (nSPS) is 12.0. The van der Waals surface area contributed by atoms with Gasteiger partial charge in [0.15, 0.2) is 0 Å². The molecular weight excluding hydrogens is 284 g/mol. The molecule has 3 nitrogen and oxygen atoms in total. The van der Waals surface area contributed by atoms with E-state index >= 15 is 0 Å². The summed E-state index contributed by atoms with van der Waals surface area (Å²) in [5.41, 5.74) is 2.21. The molecule has 2 aromatic carbocycles. The number of hydrogen-bond acceptors (Lipinski definition) is 2. The number of fused-ring (bicyclic) bond motifs is 1. The fourth-order valence-electron chi connectivity index (χ4n) is 2.68. The van der Waals surface area contributed by atoms with E-state index in [-0.39, 0.29) is 11.9 Å². The summed E-state index contributed by atoms with van der Waals surface area (Å²) in [6.45, 7) is 2.02. The van der Waals surface area contributed by atoms with E-state index in [1.807, 2.05) is 31.2 Å². The number of benzene rings is 2. The van der Waals surface area contributed by atoms with E-state index in [1.165, 1.54) is 10.8 Å². The van der Waals surface area contributed by atoms with E-state index in [2.05, 4.69) is 40.6 Å². The lowest BCUT2D eigenvalue weighted by atomic mass is 10.0. The molecule has 116 valence electrons. The summed E-state index contributed by atoms with van der Waals surface area (Å²) in [5.74, 6) is 0.0644. The van der Waals surface area contributed by atoms with Crippen LogP contribution in [0.2, 0.25) is 0 Å². The monoisotopic (exact) mass is 304 g/mol. The van der Waals surface area contributed by atoms with Crippen LogP contribution < -0.4 is 5.32 Å². The summed E-state index contributed by atoms with van der Waals surface area (Å²) < 4.78 is 0. The summed E-state index contributed by atoms with van der Waals surface area (Å²) in [6, 6.07) is 18.5. The van der Waals surface area contributed by atoms with Crippen LogP contribution in [0.4, 0.5) is 0 Å². The van der Waals surface area contributed by atoms with Crippen LogP contribution in [0.15, 0.2) is 67.0 Å². The first-order valence-electron chi connectivity index (χ1n) is 7.89. The van der Waals surface area contributed by atoms with Gasteiger partial charge in [0.05, 0.1) is 6.04 Å². The molecule has 0 bridgehead atoms. The van der Waals surface area contributed by atoms with Crippen molar-refractivity contribution < 1.29 is 4.79 Å². The second-order valence-corrected chi connectivity index (χ2v) is 5.76. The Hall–Kier alpha value is -2.68. The number of nitrogens with zero attached hydrogens (tertiary/aromatic N) is 1. The molecule has 0 aliphatic rings. The van der Waals surface area contributed by atoms with Gasteiger partial charge in [-0.1, -0.05) is 42.5 Å². The third-order valence-electron chi connectivity index (χ3n) is 4.01. The molecule has 0 spiro atoms. The number of carbonyl (C=O) groups is 1. The van der Waals surface area contributed by atoms with Gasteiger partial charge in [-0.25, -0.2) is 0 Å². The van der Waals surface area contributed by atoms with Crippen LogP contribution in [-0.4, -0.2) is 10.9 Å². The van der Waals surface area contributed by atoms with Crippen molar-refractivity contribution in [2.45, 2.75) is 25.8 Å². The Morgan fingerprint density at radius 1 is 1.09 bits per heavy atom. The van der Waals surface area contributed by atoms with E-state index in [0.717, 1.165) is 11.1 Å². The van der Waals surface area contributed by atoms with Crippen molar-refractivity contribution in [3.05, 3.63) is 78.1 Å². The van der Waals surface area contributed by atoms with Gasteiger partial charge in [0.1, 0.15) is 0 Å². The summed E-state index contributed by atoms with van der Waals surface area (Å²) in [4.78, 5) is 16.2. The van der Waals surface area contributed by atoms with E-state index in [1.54, 1.807) is 12.4 Å². The summed E-state index contributed by atoms with van der Waals surface area (Å²) >= 11 is 0. The van der Waals surface area contributed by atoms with Gasteiger partial charge in [-0.05, 0) is 47.4 Å². The maximum absolute atomic E-state index is 12.1. The fraction of sp³-hybridized carbons (Fsp3) is 0.200. The average molecular weight is 304 g/mol. The van der Waals surface area contributed by atoms with Crippen LogP contribution in [0.5, 0.6) is 0 Å². The molecule has 3 heteroatoms. The molecule has 23 heavy (non-hydrogen) atoms. The van der Waals surface area contributed by atoms with Crippen molar-refractivity contribution in [3.8, 4) is 0 Å². The summed E-state index contributed by atoms with van der Waals surface area (Å²) in [5, 5.41) is 5.48. The molecule has 1 heterocycles. The number of pyridine rings is 1. The molecule has 0 saturated heterocycles. The highest BCUT2D eigenvalue weighted by Crippen LogP contribution is 2.20. The summed E-state index contributed by atoms with van der Waals surface area (Å²) in [7, 11) is 0. The second-order valence-electron chi connectivity index (χ2n) is 5.76. The quantitative estimate of drug-likeness (QED) is 0.773. The Labute approximate surface area is 136 Å². The van der Waals surface area contributed by atoms with Gasteiger partial charge < -0.3 is 5.32 Å². The minimum Gasteiger partial charge on any atom is -0.350 e. The van der Waals surface area contributed by atoms with E-state index in [0.29, 0.717) is 12.8 Å². The second kappa shape index (κ2) is 7.05. The molecule has 3 rings (SSSR count). The number of carbonyl (C=O) groups excluding carboxylic acids is 1. The van der Waals surface area contributed by atoms with Crippen LogP contribution >= 0.6 is 0 Å². The van der Waals surface area contributed by atoms with Gasteiger partial charge in [0.2, 0.25) is 5.91 Å². The molecular formula is C20H20N2O. The van der Waals surface area contributed by atoms with Crippen molar-refractivity contribution in [1.29, 1.82) is 0 Å². The first-order valence-corrected chi connectivity index (χ1v) is 7.89. The van der Waals surface area contributed by atoms with E-state index in [9.17, 15) is 4.79 Å². The molecule has 1 atom stereocenters. The van der Waals surface area contributed by atoms with Gasteiger partial charge in [-0.2, -0.15) is 0 Å². The van der Waals surface area contributed by atoms with Crippen LogP contribution in [0.25, 0.3) is 10.8 Å². The molecule has 0 fully saturated rings. The molecule has 1 N–H and O–H groups in total. The maximum Gasteiger partial charge on any atom is 0.220 e. The molecule has 1 amide bonds. The minimum absolute atomic E-state index is 0.000930. The number of amides is 1. The van der Waals surface area contributed by atoms with Gasteiger partial charge in [0, 0.05) is 18.8 Å². The maximum atomic E-state index is 12.1. The molecule has 0 radical (unpaired) electrons. The number of aryl methyl sites for hydroxylation is 1. The zero-order chi connectivity index (χ0) is 16.1. The van der Waals surface area contributed by atoms with Gasteiger partial charge in [-0.3, -0.25) is 9.78 Å². The van der Waals surface area contributed by atoms with E-state index < -0.39 is 0 Å². The Kier molecular flexibility index (Phi) is 4.67. The van der Waals surface area contributed by atoms with Crippen molar-refractivity contribution in [3.63, 3.8) is 0 Å². The predicted molar refractivity (Wildman–Crippen MR) is 93.1 cm³/mol. The lowest BCUT2D eigenvalue weighted by Crippen LogP contribution is -2.26. The summed E-state index contributed by atoms with van der Waals surface area (Å²) in [6.07, 6.45) is 4.74. The largest absolute Gasteiger partial charge is 0.350 e. The highest BCUT2D eigenvalue weighted by Gasteiger charge is 2.10. The SMILES string of the molecule is CC(NC(=O)CCc1cccnc1)c1ccc2ccccc2c1. The number of aromatic nitrogens is 1. The average Bonchev–Trinajstić information content (AvgIpc) is 2.60. The smallest absolute Gasteiger partial charge is 0.220 e. The minimum atomic E-state index is 0.000930. The molecule has 3 aromatic rings. The van der Waals surface area contributed by atoms with Crippen LogP contribution in [0.3, 0.4) is 0 Å². The van der Waals surface area contributed by atoms with Crippen LogP contribution in [0, 0.1) is 0 Å². The molecule has 0 saturated carbocycles. The highest BCUT2D eigenvalue weighted by molar-refractivity contribution is 5.83. The fourth-order valence-corrected chi connectivity index (χ4v) is 2.68. The lowest BCUT2D eigenvalue weighted by Gasteiger charge is -2.15. The highest BCUT2D eigenvalue weighted by atomic mass is 16.1. The third kappa shape index (κ3) is 3.95. The van der Waals surface area contributed by atoms with Gasteiger partial charge in [-0.15, -0.1) is 0 Å². The first-order chi connectivity index (χ1) is 11.2. The molecule has 0 aliphatic heterocycles. The zero-order valence-corrected chi connectivity index (χ0v) is 13.2. The standard InChI is InChI=1S/C20H20N2O/c1-15(18-10-9-17-6-2-3-7-19(17)13-18)22-20(23)11-8-16-5-4-12-21-14-16/h2-7,9-10,12-15H,8,11H2,1H3,(H,22,23). The Morgan fingerprint density at radius 2 is 1.91 bits per heavy atom. The molecule has 0 aliphatic carbocycles. The lowest BCUT2D eigenvalue weighted by molar-refractivity contribution is -0.121. The number of nitrogens with one attached hydrogen (secondary N) is 1. The Bertz CT molecular complexity index is 799. The van der Waals surface area contributed by atoms with Crippen molar-refractivity contribution in [2.75, 3.05) is 0 Å². The van der Waals surface area contributed by atoms with Crippen molar-refractivity contribution in [2.24, 2.45) is 0 Å². The zero-order valence-electron chi connectivity index (χ0n) is 13.2. The Balaban J connectivity index is 1.61.